The average molecular weight is 739 g/mol. The van der Waals surface area contributed by atoms with E-state index in [1.807, 2.05) is 52.0 Å². The molecule has 2 aliphatic rings. The molecule has 0 saturated carbocycles. The molecule has 0 bridgehead atoms. The van der Waals surface area contributed by atoms with Crippen LogP contribution in [0.3, 0.4) is 0 Å². The van der Waals surface area contributed by atoms with Crippen LogP contribution < -0.4 is 10.6 Å². The second kappa shape index (κ2) is 18.9. The van der Waals surface area contributed by atoms with Gasteiger partial charge in [0.05, 0.1) is 36.6 Å². The number of aliphatic hydroxyl groups is 2. The molecule has 2 saturated heterocycles. The highest BCUT2D eigenvalue weighted by molar-refractivity contribution is 5.83. The summed E-state index contributed by atoms with van der Waals surface area (Å²) in [5, 5.41) is 25.6. The second-order valence-electron chi connectivity index (χ2n) is 14.0. The number of H-pyrrole nitrogens is 2. The Bertz CT molecular complexity index is 1920. The monoisotopic (exact) mass is 738 g/mol. The zero-order valence-electron chi connectivity index (χ0n) is 31.6. The number of amides is 2. The molecule has 2 fully saturated rings. The minimum atomic E-state index is -1.23. The van der Waals surface area contributed by atoms with Crippen LogP contribution in [0.25, 0.3) is 0 Å². The van der Waals surface area contributed by atoms with Crippen LogP contribution in [0.4, 0.5) is 0 Å². The van der Waals surface area contributed by atoms with Gasteiger partial charge in [0.2, 0.25) is 24.6 Å². The number of carbonyl (C=O) groups excluding carboxylic acids is 2. The molecular formula is C40H50N8O6. The van der Waals surface area contributed by atoms with Crippen molar-refractivity contribution in [3.63, 3.8) is 0 Å². The number of nitrogens with one attached hydrogen (secondary N) is 4. The Balaban J connectivity index is 1.17. The third kappa shape index (κ3) is 10.2. The smallest absolute Gasteiger partial charge is 0.240 e. The highest BCUT2D eigenvalue weighted by Gasteiger charge is 2.38. The fraction of sp³-hybridized carbons (Fsp3) is 0.500. The Morgan fingerprint density at radius 1 is 0.722 bits per heavy atom. The summed E-state index contributed by atoms with van der Waals surface area (Å²) in [6.07, 6.45) is 4.11. The van der Waals surface area contributed by atoms with Gasteiger partial charge in [-0.25, -0.2) is 9.97 Å². The number of benzene rings is 1. The van der Waals surface area contributed by atoms with Crippen molar-refractivity contribution in [3.05, 3.63) is 70.8 Å². The third-order valence-electron chi connectivity index (χ3n) is 9.54. The first kappa shape index (κ1) is 40.2. The van der Waals surface area contributed by atoms with Crippen molar-refractivity contribution in [3.8, 4) is 35.5 Å². The van der Waals surface area contributed by atoms with Crippen molar-refractivity contribution >= 4 is 11.8 Å². The van der Waals surface area contributed by atoms with Crippen molar-refractivity contribution in [2.75, 3.05) is 27.3 Å². The number of nitrogens with zero attached hydrogens (tertiary/aromatic N) is 4. The summed E-state index contributed by atoms with van der Waals surface area (Å²) in [5.74, 6) is 19.1. The molecule has 6 atom stereocenters. The summed E-state index contributed by atoms with van der Waals surface area (Å²) in [6, 6.07) is 5.91. The number of ether oxygens (including phenoxy) is 2. The molecule has 1 aromatic carbocycles. The first-order chi connectivity index (χ1) is 26.0. The van der Waals surface area contributed by atoms with E-state index < -0.39 is 24.9 Å². The molecule has 14 heteroatoms. The van der Waals surface area contributed by atoms with Crippen LogP contribution in [0, 0.1) is 47.4 Å². The van der Waals surface area contributed by atoms with Crippen LogP contribution in [-0.4, -0.2) is 104 Å². The molecule has 4 heterocycles. The third-order valence-corrected chi connectivity index (χ3v) is 9.54. The van der Waals surface area contributed by atoms with Gasteiger partial charge in [-0.2, -0.15) is 0 Å². The Labute approximate surface area is 316 Å². The first-order valence-corrected chi connectivity index (χ1v) is 18.3. The van der Waals surface area contributed by atoms with Gasteiger partial charge < -0.3 is 39.5 Å². The highest BCUT2D eigenvalue weighted by atomic mass is 16.6. The van der Waals surface area contributed by atoms with Gasteiger partial charge in [0, 0.05) is 38.4 Å². The molecule has 0 spiro atoms. The maximum absolute atomic E-state index is 13.4. The molecule has 6 N–H and O–H groups in total. The van der Waals surface area contributed by atoms with E-state index in [-0.39, 0.29) is 35.7 Å². The van der Waals surface area contributed by atoms with Crippen molar-refractivity contribution in [2.24, 2.45) is 11.8 Å². The van der Waals surface area contributed by atoms with E-state index in [4.69, 9.17) is 9.47 Å². The van der Waals surface area contributed by atoms with E-state index in [0.29, 0.717) is 36.1 Å². The predicted molar refractivity (Wildman–Crippen MR) is 200 cm³/mol. The molecule has 5 rings (SSSR count). The van der Waals surface area contributed by atoms with Gasteiger partial charge in [0.15, 0.2) is 0 Å². The maximum atomic E-state index is 13.4. The molecule has 54 heavy (non-hydrogen) atoms. The van der Waals surface area contributed by atoms with Crippen LogP contribution in [0.2, 0.25) is 0 Å². The number of hydrogen-bond acceptors (Lipinski definition) is 10. The summed E-state index contributed by atoms with van der Waals surface area (Å²) in [6.45, 7) is 8.89. The normalized spacial score (nSPS) is 19.0. The molecule has 2 aliphatic heterocycles. The SMILES string of the molecule is COC(O)NC(C(=O)N1CCCC1c1ncc(C#CC#Cc2ccc(C#Cc3cnc(C4CCCN4C(=O)C(NC(O)OC)C(C)C)[nH]3)cc2)[nH]1)C(C)C. The van der Waals surface area contributed by atoms with Gasteiger partial charge in [0.1, 0.15) is 23.0 Å². The van der Waals surface area contributed by atoms with Crippen molar-refractivity contribution < 1.29 is 29.3 Å². The van der Waals surface area contributed by atoms with Crippen LogP contribution >= 0.6 is 0 Å². The molecule has 14 nitrogen and oxygen atoms in total. The van der Waals surface area contributed by atoms with Crippen molar-refractivity contribution in [2.45, 2.75) is 90.4 Å². The fourth-order valence-corrected chi connectivity index (χ4v) is 6.65. The minimum Gasteiger partial charge on any atom is -0.356 e. The number of carbonyl (C=O) groups is 2. The van der Waals surface area contributed by atoms with Gasteiger partial charge >= 0.3 is 0 Å². The van der Waals surface area contributed by atoms with Crippen LogP contribution in [-0.2, 0) is 19.1 Å². The largest absolute Gasteiger partial charge is 0.356 e. The summed E-state index contributed by atoms with van der Waals surface area (Å²) in [7, 11) is 2.75. The Hall–Kier alpha value is -4.98. The summed E-state index contributed by atoms with van der Waals surface area (Å²) in [4.78, 5) is 46.0. The van der Waals surface area contributed by atoms with Crippen LogP contribution in [0.1, 0.15) is 99.6 Å². The Morgan fingerprint density at radius 2 is 1.15 bits per heavy atom. The lowest BCUT2D eigenvalue weighted by molar-refractivity contribution is -0.145. The van der Waals surface area contributed by atoms with E-state index >= 15 is 0 Å². The standard InChI is InChI=1S/C40H50N8O6/c1-25(2)33(45-39(51)53-5)37(49)47-21-9-13-31(47)35-41-23-29(43-35)12-8-7-11-27-15-17-28(18-16-27)19-20-30-24-42-36(44-30)32-14-10-22-48(32)38(50)34(26(3)4)46-40(52)54-6/h15-18,23-26,31-34,39-40,45-46,51-52H,9-10,13-14,21-22H2,1-6H3,(H,41,43)(H,42,44). The number of likely N-dealkylation sites (tertiary alicyclic amines) is 2. The molecule has 0 aliphatic carbocycles. The fourth-order valence-electron chi connectivity index (χ4n) is 6.65. The summed E-state index contributed by atoms with van der Waals surface area (Å²) >= 11 is 0. The van der Waals surface area contributed by atoms with Gasteiger partial charge in [-0.15, -0.1) is 0 Å². The van der Waals surface area contributed by atoms with E-state index in [9.17, 15) is 19.8 Å². The predicted octanol–water partition coefficient (Wildman–Crippen LogP) is 2.34. The molecule has 0 radical (unpaired) electrons. The van der Waals surface area contributed by atoms with E-state index in [2.05, 4.69) is 66.1 Å². The lowest BCUT2D eigenvalue weighted by Crippen LogP contribution is -2.52. The number of imidazole rings is 2. The highest BCUT2D eigenvalue weighted by Crippen LogP contribution is 2.32. The molecule has 3 aromatic rings. The summed E-state index contributed by atoms with van der Waals surface area (Å²) < 4.78 is 9.82. The van der Waals surface area contributed by atoms with Gasteiger partial charge in [0.25, 0.3) is 0 Å². The number of hydrogen-bond donors (Lipinski definition) is 6. The van der Waals surface area contributed by atoms with E-state index in [1.165, 1.54) is 14.2 Å². The van der Waals surface area contributed by atoms with E-state index in [1.54, 1.807) is 22.2 Å². The molecule has 2 aromatic heterocycles. The van der Waals surface area contributed by atoms with Crippen molar-refractivity contribution in [1.82, 2.24) is 40.4 Å². The second-order valence-corrected chi connectivity index (χ2v) is 14.0. The number of methoxy groups -OCH3 is 2. The quantitative estimate of drug-likeness (QED) is 0.119. The maximum Gasteiger partial charge on any atom is 0.240 e. The molecular weight excluding hydrogens is 688 g/mol. The number of rotatable bonds is 12. The number of aromatic nitrogens is 4. The summed E-state index contributed by atoms with van der Waals surface area (Å²) in [5.41, 5.74) is 2.84. The Kier molecular flexibility index (Phi) is 14.0. The minimum absolute atomic E-state index is 0.0529. The first-order valence-electron chi connectivity index (χ1n) is 18.3. The van der Waals surface area contributed by atoms with Crippen LogP contribution in [0.15, 0.2) is 36.7 Å². The lowest BCUT2D eigenvalue weighted by Gasteiger charge is -2.31. The average Bonchev–Trinajstić information content (AvgIpc) is 4.00. The topological polar surface area (TPSA) is 181 Å². The molecule has 6 unspecified atom stereocenters. The zero-order valence-corrected chi connectivity index (χ0v) is 31.6. The Morgan fingerprint density at radius 3 is 1.59 bits per heavy atom. The molecule has 2 amide bonds. The molecule has 286 valence electrons. The number of aromatic amines is 2. The zero-order chi connectivity index (χ0) is 38.8. The van der Waals surface area contributed by atoms with Gasteiger partial charge in [-0.3, -0.25) is 20.2 Å². The van der Waals surface area contributed by atoms with Crippen molar-refractivity contribution in [1.29, 1.82) is 0 Å². The van der Waals surface area contributed by atoms with Gasteiger partial charge in [-0.05, 0) is 85.5 Å². The van der Waals surface area contributed by atoms with Gasteiger partial charge in [-0.1, -0.05) is 39.5 Å². The van der Waals surface area contributed by atoms with Crippen LogP contribution in [0.5, 0.6) is 0 Å². The lowest BCUT2D eigenvalue weighted by atomic mass is 10.0. The van der Waals surface area contributed by atoms with E-state index in [0.717, 1.165) is 36.8 Å². The number of aliphatic hydroxyl groups excluding tert-OH is 2.